The number of ether oxygens (including phenoxy) is 1. The molecule has 1 aromatic heterocycles. The van der Waals surface area contributed by atoms with Gasteiger partial charge in [0, 0.05) is 42.0 Å². The van der Waals surface area contributed by atoms with Crippen molar-refractivity contribution in [2.45, 2.75) is 25.8 Å². The Balaban J connectivity index is 1.72. The van der Waals surface area contributed by atoms with Crippen LogP contribution in [0.2, 0.25) is 0 Å². The third-order valence-electron chi connectivity index (χ3n) is 4.01. The van der Waals surface area contributed by atoms with Crippen molar-refractivity contribution in [1.29, 1.82) is 0 Å². The molecule has 1 aliphatic heterocycles. The highest BCUT2D eigenvalue weighted by Crippen LogP contribution is 2.19. The normalized spacial score (nSPS) is 17.2. The Kier molecular flexibility index (Phi) is 5.57. The van der Waals surface area contributed by atoms with Gasteiger partial charge in [0.15, 0.2) is 0 Å². The van der Waals surface area contributed by atoms with Crippen LogP contribution in [0, 0.1) is 0 Å². The zero-order valence-corrected chi connectivity index (χ0v) is 14.2. The molecule has 25 heavy (non-hydrogen) atoms. The molecule has 1 unspecified atom stereocenters. The zero-order chi connectivity index (χ0) is 17.6. The number of morpholine rings is 1. The number of carbonyl (C=O) groups is 1. The van der Waals surface area contributed by atoms with Crippen LogP contribution in [0.15, 0.2) is 35.1 Å². The van der Waals surface area contributed by atoms with Crippen LogP contribution in [-0.4, -0.2) is 41.7 Å². The standard InChI is InChI=1S/C18H22N4O3/c1-2-13-9-17(24)22-18(21-13)12-4-3-5-14(8-12)20-16(23)10-15-11-25-7-6-19-15/h3-5,8-9,15,19H,2,6-7,10-11H2,1H3,(H,20,23)(H,21,22,24). The Bertz CT molecular complexity index is 797. The van der Waals surface area contributed by atoms with Crippen molar-refractivity contribution in [1.82, 2.24) is 15.3 Å². The number of hydrogen-bond acceptors (Lipinski definition) is 5. The summed E-state index contributed by atoms with van der Waals surface area (Å²) < 4.78 is 5.36. The smallest absolute Gasteiger partial charge is 0.251 e. The number of aromatic amines is 1. The molecule has 3 N–H and O–H groups in total. The maximum atomic E-state index is 12.2. The molecule has 0 radical (unpaired) electrons. The van der Waals surface area contributed by atoms with Crippen LogP contribution >= 0.6 is 0 Å². The predicted molar refractivity (Wildman–Crippen MR) is 95.5 cm³/mol. The molecule has 1 aliphatic rings. The Morgan fingerprint density at radius 3 is 3.04 bits per heavy atom. The number of carbonyl (C=O) groups excluding carboxylic acids is 1. The van der Waals surface area contributed by atoms with Gasteiger partial charge in [-0.2, -0.15) is 0 Å². The molecule has 1 saturated heterocycles. The molecule has 1 fully saturated rings. The van der Waals surface area contributed by atoms with Crippen LogP contribution in [0.4, 0.5) is 5.69 Å². The van der Waals surface area contributed by atoms with Gasteiger partial charge in [0.2, 0.25) is 5.91 Å². The summed E-state index contributed by atoms with van der Waals surface area (Å²) in [6, 6.07) is 8.83. The molecule has 1 atom stereocenters. The second kappa shape index (κ2) is 8.04. The van der Waals surface area contributed by atoms with Gasteiger partial charge >= 0.3 is 0 Å². The summed E-state index contributed by atoms with van der Waals surface area (Å²) in [7, 11) is 0. The van der Waals surface area contributed by atoms with Crippen molar-refractivity contribution < 1.29 is 9.53 Å². The van der Waals surface area contributed by atoms with E-state index in [0.29, 0.717) is 37.6 Å². The first-order valence-electron chi connectivity index (χ1n) is 8.45. The molecule has 0 saturated carbocycles. The lowest BCUT2D eigenvalue weighted by Gasteiger charge is -2.23. The molecule has 0 bridgehead atoms. The predicted octanol–water partition coefficient (Wildman–Crippen LogP) is 1.32. The number of H-pyrrole nitrogens is 1. The number of amides is 1. The number of aromatic nitrogens is 2. The number of benzene rings is 1. The lowest BCUT2D eigenvalue weighted by molar-refractivity contribution is -0.117. The Morgan fingerprint density at radius 1 is 1.40 bits per heavy atom. The van der Waals surface area contributed by atoms with Crippen LogP contribution in [-0.2, 0) is 16.0 Å². The highest BCUT2D eigenvalue weighted by atomic mass is 16.5. The van der Waals surface area contributed by atoms with Crippen molar-refractivity contribution in [3.8, 4) is 11.4 Å². The third-order valence-corrected chi connectivity index (χ3v) is 4.01. The number of nitrogens with zero attached hydrogens (tertiary/aromatic N) is 1. The summed E-state index contributed by atoms with van der Waals surface area (Å²) >= 11 is 0. The first-order chi connectivity index (χ1) is 12.1. The maximum Gasteiger partial charge on any atom is 0.251 e. The van der Waals surface area contributed by atoms with Crippen molar-refractivity contribution in [2.24, 2.45) is 0 Å². The van der Waals surface area contributed by atoms with E-state index in [9.17, 15) is 9.59 Å². The van der Waals surface area contributed by atoms with Crippen LogP contribution in [0.5, 0.6) is 0 Å². The topological polar surface area (TPSA) is 96.1 Å². The lowest BCUT2D eigenvalue weighted by Crippen LogP contribution is -2.43. The third kappa shape index (κ3) is 4.74. The highest BCUT2D eigenvalue weighted by Gasteiger charge is 2.17. The van der Waals surface area contributed by atoms with Gasteiger partial charge in [-0.3, -0.25) is 9.59 Å². The molecule has 7 heteroatoms. The number of aryl methyl sites for hydroxylation is 1. The molecule has 0 aliphatic carbocycles. The van der Waals surface area contributed by atoms with E-state index in [1.807, 2.05) is 25.1 Å². The highest BCUT2D eigenvalue weighted by molar-refractivity contribution is 5.91. The Labute approximate surface area is 145 Å². The van der Waals surface area contributed by atoms with E-state index in [2.05, 4.69) is 20.6 Å². The Hall–Kier alpha value is -2.51. The summed E-state index contributed by atoms with van der Waals surface area (Å²) in [5.74, 6) is 0.423. The zero-order valence-electron chi connectivity index (χ0n) is 14.2. The number of anilines is 1. The molecule has 7 nitrogen and oxygen atoms in total. The number of nitrogens with one attached hydrogen (secondary N) is 3. The van der Waals surface area contributed by atoms with E-state index in [1.54, 1.807) is 6.07 Å². The van der Waals surface area contributed by atoms with Crippen molar-refractivity contribution in [2.75, 3.05) is 25.1 Å². The van der Waals surface area contributed by atoms with E-state index in [1.165, 1.54) is 6.07 Å². The van der Waals surface area contributed by atoms with Gasteiger partial charge in [-0.05, 0) is 18.6 Å². The summed E-state index contributed by atoms with van der Waals surface area (Å²) in [6.45, 7) is 3.94. The minimum absolute atomic E-state index is 0.0381. The summed E-state index contributed by atoms with van der Waals surface area (Å²) in [6.07, 6.45) is 1.04. The second-order valence-corrected chi connectivity index (χ2v) is 6.00. The van der Waals surface area contributed by atoms with Gasteiger partial charge in [-0.1, -0.05) is 19.1 Å². The Morgan fingerprint density at radius 2 is 2.28 bits per heavy atom. The minimum atomic E-state index is -0.181. The SMILES string of the molecule is CCc1cc(=O)[nH]c(-c2cccc(NC(=O)CC3COCCN3)c2)n1. The average molecular weight is 342 g/mol. The van der Waals surface area contributed by atoms with E-state index < -0.39 is 0 Å². The fourth-order valence-electron chi connectivity index (χ4n) is 2.76. The first kappa shape index (κ1) is 17.3. The molecular weight excluding hydrogens is 320 g/mol. The summed E-state index contributed by atoms with van der Waals surface area (Å²) in [5.41, 5.74) is 1.98. The summed E-state index contributed by atoms with van der Waals surface area (Å²) in [5, 5.41) is 6.14. The van der Waals surface area contributed by atoms with Crippen molar-refractivity contribution in [3.05, 3.63) is 46.4 Å². The quantitative estimate of drug-likeness (QED) is 0.761. The van der Waals surface area contributed by atoms with Gasteiger partial charge in [0.25, 0.3) is 5.56 Å². The van der Waals surface area contributed by atoms with Gasteiger partial charge < -0.3 is 20.4 Å². The van der Waals surface area contributed by atoms with Crippen LogP contribution in [0.3, 0.4) is 0 Å². The largest absolute Gasteiger partial charge is 0.378 e. The van der Waals surface area contributed by atoms with Gasteiger partial charge in [0.05, 0.1) is 13.2 Å². The van der Waals surface area contributed by atoms with Crippen LogP contribution in [0.25, 0.3) is 11.4 Å². The second-order valence-electron chi connectivity index (χ2n) is 6.00. The molecule has 1 amide bonds. The average Bonchev–Trinajstić information content (AvgIpc) is 2.62. The van der Waals surface area contributed by atoms with Gasteiger partial charge in [-0.25, -0.2) is 4.98 Å². The maximum absolute atomic E-state index is 12.2. The first-order valence-corrected chi connectivity index (χ1v) is 8.45. The van der Waals surface area contributed by atoms with E-state index in [0.717, 1.165) is 17.8 Å². The molecule has 0 spiro atoms. The van der Waals surface area contributed by atoms with E-state index in [4.69, 9.17) is 4.74 Å². The minimum Gasteiger partial charge on any atom is -0.378 e. The lowest BCUT2D eigenvalue weighted by atomic mass is 10.1. The van der Waals surface area contributed by atoms with E-state index >= 15 is 0 Å². The molecule has 1 aromatic carbocycles. The molecule has 132 valence electrons. The van der Waals surface area contributed by atoms with Crippen molar-refractivity contribution >= 4 is 11.6 Å². The monoisotopic (exact) mass is 342 g/mol. The van der Waals surface area contributed by atoms with Gasteiger partial charge in [-0.15, -0.1) is 0 Å². The van der Waals surface area contributed by atoms with Crippen LogP contribution < -0.4 is 16.2 Å². The van der Waals surface area contributed by atoms with Crippen molar-refractivity contribution in [3.63, 3.8) is 0 Å². The fraction of sp³-hybridized carbons (Fsp3) is 0.389. The van der Waals surface area contributed by atoms with Crippen LogP contribution in [0.1, 0.15) is 19.0 Å². The molecular formula is C18H22N4O3. The number of rotatable bonds is 5. The van der Waals surface area contributed by atoms with E-state index in [-0.39, 0.29) is 17.5 Å². The molecule has 3 rings (SSSR count). The molecule has 2 heterocycles. The number of hydrogen-bond donors (Lipinski definition) is 3. The molecule has 2 aromatic rings. The summed E-state index contributed by atoms with van der Waals surface area (Å²) in [4.78, 5) is 31.1. The fourth-order valence-corrected chi connectivity index (χ4v) is 2.76. The van der Waals surface area contributed by atoms with Gasteiger partial charge in [0.1, 0.15) is 5.82 Å².